The summed E-state index contributed by atoms with van der Waals surface area (Å²) >= 11 is 0. The smallest absolute Gasteiger partial charge is 0.245 e. The normalized spacial score (nSPS) is 21.1. The lowest BCUT2D eigenvalue weighted by Gasteiger charge is -2.40. The van der Waals surface area contributed by atoms with Crippen LogP contribution in [0, 0.1) is 0 Å². The highest BCUT2D eigenvalue weighted by molar-refractivity contribution is 5.96. The minimum absolute atomic E-state index is 0.00867. The fraction of sp³-hybridized carbons (Fsp3) is 0.591. The van der Waals surface area contributed by atoms with E-state index in [0.29, 0.717) is 6.54 Å². The molecular weight excluding hydrogens is 354 g/mol. The van der Waals surface area contributed by atoms with E-state index in [4.69, 9.17) is 0 Å². The van der Waals surface area contributed by atoms with Crippen LogP contribution in [0.15, 0.2) is 30.3 Å². The average molecular weight is 386 g/mol. The van der Waals surface area contributed by atoms with Crippen LogP contribution in [0.3, 0.4) is 0 Å². The minimum atomic E-state index is -0.597. The number of piperazine rings is 1. The largest absolute Gasteiger partial charge is 0.341 e. The van der Waals surface area contributed by atoms with E-state index >= 15 is 0 Å². The summed E-state index contributed by atoms with van der Waals surface area (Å²) in [5.41, 5.74) is 1.14. The molecule has 1 heterocycles. The third-order valence-electron chi connectivity index (χ3n) is 6.12. The third kappa shape index (κ3) is 4.72. The van der Waals surface area contributed by atoms with Crippen molar-refractivity contribution in [1.29, 1.82) is 0 Å². The molecule has 0 unspecified atom stereocenters. The van der Waals surface area contributed by atoms with Crippen LogP contribution in [-0.2, 0) is 20.8 Å². The predicted octanol–water partition coefficient (Wildman–Crippen LogP) is 2.08. The molecule has 6 nitrogen and oxygen atoms in total. The van der Waals surface area contributed by atoms with Crippen molar-refractivity contribution < 1.29 is 14.4 Å². The Balaban J connectivity index is 1.56. The van der Waals surface area contributed by atoms with E-state index in [0.717, 1.165) is 37.7 Å². The van der Waals surface area contributed by atoms with Gasteiger partial charge >= 0.3 is 0 Å². The van der Waals surface area contributed by atoms with Gasteiger partial charge in [0.05, 0.1) is 6.54 Å². The Bertz CT molecular complexity index is 700. The number of benzene rings is 1. The van der Waals surface area contributed by atoms with Gasteiger partial charge in [-0.15, -0.1) is 0 Å². The van der Waals surface area contributed by atoms with Crippen LogP contribution in [0.25, 0.3) is 0 Å². The second kappa shape index (κ2) is 9.22. The summed E-state index contributed by atoms with van der Waals surface area (Å²) in [4.78, 5) is 43.0. The summed E-state index contributed by atoms with van der Waals surface area (Å²) in [5, 5.41) is 0. The molecule has 3 amide bonds. The van der Waals surface area contributed by atoms with Crippen molar-refractivity contribution in [2.45, 2.75) is 57.5 Å². The number of carbonyl (C=O) groups is 3. The maximum Gasteiger partial charge on any atom is 0.245 e. The second-order valence-electron chi connectivity index (χ2n) is 7.99. The molecule has 1 aliphatic carbocycles. The number of nitrogens with zero attached hydrogens (tertiary/aromatic N) is 3. The van der Waals surface area contributed by atoms with Crippen LogP contribution in [0.2, 0.25) is 0 Å². The predicted molar refractivity (Wildman–Crippen MR) is 108 cm³/mol. The number of likely N-dealkylation sites (N-methyl/N-ethyl adjacent to an activating group) is 1. The van der Waals surface area contributed by atoms with Gasteiger partial charge in [0.15, 0.2) is 0 Å². The fourth-order valence-corrected chi connectivity index (χ4v) is 4.20. The maximum atomic E-state index is 12.8. The molecular formula is C22H31N3O3. The van der Waals surface area contributed by atoms with Crippen molar-refractivity contribution >= 4 is 17.7 Å². The third-order valence-corrected chi connectivity index (χ3v) is 6.12. The lowest BCUT2D eigenvalue weighted by atomic mass is 9.94. The fourth-order valence-electron chi connectivity index (χ4n) is 4.20. The molecule has 1 aliphatic heterocycles. The second-order valence-corrected chi connectivity index (χ2v) is 7.99. The number of carbonyl (C=O) groups excluding carboxylic acids is 3. The van der Waals surface area contributed by atoms with Gasteiger partial charge in [-0.25, -0.2) is 0 Å². The molecule has 1 saturated carbocycles. The molecule has 0 spiro atoms. The molecule has 1 atom stereocenters. The zero-order valence-electron chi connectivity index (χ0n) is 17.0. The molecule has 0 aromatic heterocycles. The van der Waals surface area contributed by atoms with Crippen LogP contribution in [-0.4, -0.2) is 71.2 Å². The standard InChI is InChI=1S/C22H31N3O3/c1-17-22(28)24(14-13-18-9-5-3-6-10-18)15-21(27)25(17)16-20(26)23(2)19-11-7-4-8-12-19/h3,5-6,9-10,17,19H,4,7-8,11-16H2,1-2H3/t17-/m1/s1. The van der Waals surface area contributed by atoms with Gasteiger partial charge in [-0.2, -0.15) is 0 Å². The summed E-state index contributed by atoms with van der Waals surface area (Å²) in [6, 6.07) is 9.60. The maximum absolute atomic E-state index is 12.8. The van der Waals surface area contributed by atoms with Crippen molar-refractivity contribution in [3.8, 4) is 0 Å². The Labute approximate surface area is 167 Å². The lowest BCUT2D eigenvalue weighted by molar-refractivity contribution is -0.157. The van der Waals surface area contributed by atoms with E-state index in [1.165, 1.54) is 11.3 Å². The number of amides is 3. The van der Waals surface area contributed by atoms with E-state index in [1.54, 1.807) is 16.7 Å². The summed E-state index contributed by atoms with van der Waals surface area (Å²) in [5.74, 6) is -0.299. The van der Waals surface area contributed by atoms with Gasteiger partial charge in [-0.3, -0.25) is 14.4 Å². The number of rotatable bonds is 6. The van der Waals surface area contributed by atoms with Crippen molar-refractivity contribution in [3.63, 3.8) is 0 Å². The minimum Gasteiger partial charge on any atom is -0.341 e. The Morgan fingerprint density at radius 3 is 2.46 bits per heavy atom. The quantitative estimate of drug-likeness (QED) is 0.753. The molecule has 0 bridgehead atoms. The van der Waals surface area contributed by atoms with Crippen LogP contribution >= 0.6 is 0 Å². The molecule has 1 saturated heterocycles. The lowest BCUT2D eigenvalue weighted by Crippen LogP contribution is -2.61. The monoisotopic (exact) mass is 385 g/mol. The SMILES string of the molecule is C[C@@H]1C(=O)N(CCc2ccccc2)CC(=O)N1CC(=O)N(C)C1CCCCC1. The summed E-state index contributed by atoms with van der Waals surface area (Å²) in [7, 11) is 1.82. The van der Waals surface area contributed by atoms with E-state index in [9.17, 15) is 14.4 Å². The molecule has 2 aliphatic rings. The van der Waals surface area contributed by atoms with Gasteiger partial charge in [0.25, 0.3) is 0 Å². The van der Waals surface area contributed by atoms with Crippen LogP contribution in [0.1, 0.15) is 44.6 Å². The average Bonchev–Trinajstić information content (AvgIpc) is 2.73. The molecule has 3 rings (SSSR count). The molecule has 1 aromatic carbocycles. The Hall–Kier alpha value is -2.37. The zero-order valence-corrected chi connectivity index (χ0v) is 17.0. The molecule has 6 heteroatoms. The summed E-state index contributed by atoms with van der Waals surface area (Å²) in [6.07, 6.45) is 6.30. The van der Waals surface area contributed by atoms with E-state index in [2.05, 4.69) is 0 Å². The van der Waals surface area contributed by atoms with Gasteiger partial charge in [0, 0.05) is 19.6 Å². The Morgan fingerprint density at radius 2 is 1.79 bits per heavy atom. The molecule has 0 N–H and O–H groups in total. The van der Waals surface area contributed by atoms with Gasteiger partial charge in [0.2, 0.25) is 17.7 Å². The van der Waals surface area contributed by atoms with E-state index in [-0.39, 0.29) is 36.9 Å². The first-order valence-electron chi connectivity index (χ1n) is 10.3. The number of hydrogen-bond acceptors (Lipinski definition) is 3. The van der Waals surface area contributed by atoms with Gasteiger partial charge in [0.1, 0.15) is 12.6 Å². The first-order valence-corrected chi connectivity index (χ1v) is 10.3. The number of hydrogen-bond donors (Lipinski definition) is 0. The first-order chi connectivity index (χ1) is 13.5. The van der Waals surface area contributed by atoms with Crippen molar-refractivity contribution in [2.24, 2.45) is 0 Å². The van der Waals surface area contributed by atoms with Gasteiger partial charge in [-0.1, -0.05) is 49.6 Å². The highest BCUT2D eigenvalue weighted by atomic mass is 16.2. The Morgan fingerprint density at radius 1 is 1.11 bits per heavy atom. The highest BCUT2D eigenvalue weighted by Crippen LogP contribution is 2.22. The van der Waals surface area contributed by atoms with Gasteiger partial charge < -0.3 is 14.7 Å². The van der Waals surface area contributed by atoms with Crippen molar-refractivity contribution in [3.05, 3.63) is 35.9 Å². The van der Waals surface area contributed by atoms with Crippen molar-refractivity contribution in [1.82, 2.24) is 14.7 Å². The highest BCUT2D eigenvalue weighted by Gasteiger charge is 2.38. The van der Waals surface area contributed by atoms with Crippen LogP contribution < -0.4 is 0 Å². The van der Waals surface area contributed by atoms with E-state index < -0.39 is 6.04 Å². The molecule has 152 valence electrons. The topological polar surface area (TPSA) is 60.9 Å². The Kier molecular flexibility index (Phi) is 6.70. The zero-order chi connectivity index (χ0) is 20.1. The van der Waals surface area contributed by atoms with Crippen LogP contribution in [0.4, 0.5) is 0 Å². The van der Waals surface area contributed by atoms with E-state index in [1.807, 2.05) is 37.4 Å². The van der Waals surface area contributed by atoms with Gasteiger partial charge in [-0.05, 0) is 31.7 Å². The molecule has 28 heavy (non-hydrogen) atoms. The summed E-state index contributed by atoms with van der Waals surface area (Å²) in [6.45, 7) is 2.28. The molecule has 2 fully saturated rings. The van der Waals surface area contributed by atoms with Crippen molar-refractivity contribution in [2.75, 3.05) is 26.7 Å². The molecule has 1 aromatic rings. The first kappa shape index (κ1) is 20.4. The summed E-state index contributed by atoms with van der Waals surface area (Å²) < 4.78 is 0. The molecule has 0 radical (unpaired) electrons. The van der Waals surface area contributed by atoms with Crippen LogP contribution in [0.5, 0.6) is 0 Å².